The fraction of sp³-hybridized carbons (Fsp3) is 0.950. The standard InChI is InChI=1S/C20H40OS2/c1-5-6-7-8-9-10-11-12-17-22-23-18-13-14-19(21)15-16-20(2,3)4/h5-18H2,1-4H3. The van der Waals surface area contributed by atoms with E-state index < -0.39 is 0 Å². The van der Waals surface area contributed by atoms with Crippen LogP contribution in [0.3, 0.4) is 0 Å². The molecular formula is C20H40OS2. The zero-order chi connectivity index (χ0) is 17.4. The first kappa shape index (κ1) is 23.4. The lowest BCUT2D eigenvalue weighted by molar-refractivity contribution is -0.119. The molecule has 0 saturated carbocycles. The van der Waals surface area contributed by atoms with Gasteiger partial charge in [-0.1, -0.05) is 94.2 Å². The summed E-state index contributed by atoms with van der Waals surface area (Å²) in [6.45, 7) is 8.89. The lowest BCUT2D eigenvalue weighted by Crippen LogP contribution is -2.08. The molecule has 0 spiro atoms. The SMILES string of the molecule is CCCCCCCCCCSSCCCC(=O)CCC(C)(C)C. The van der Waals surface area contributed by atoms with Crippen molar-refractivity contribution >= 4 is 27.4 Å². The van der Waals surface area contributed by atoms with E-state index in [-0.39, 0.29) is 5.41 Å². The largest absolute Gasteiger partial charge is 0.300 e. The van der Waals surface area contributed by atoms with E-state index in [4.69, 9.17) is 0 Å². The second-order valence-corrected chi connectivity index (χ2v) is 10.5. The lowest BCUT2D eigenvalue weighted by atomic mass is 9.89. The topological polar surface area (TPSA) is 17.1 Å². The van der Waals surface area contributed by atoms with Gasteiger partial charge in [-0.15, -0.1) is 0 Å². The molecule has 0 bridgehead atoms. The summed E-state index contributed by atoms with van der Waals surface area (Å²) in [4.78, 5) is 11.8. The van der Waals surface area contributed by atoms with Crippen LogP contribution in [0.15, 0.2) is 0 Å². The molecule has 0 saturated heterocycles. The molecule has 0 aliphatic carbocycles. The zero-order valence-corrected chi connectivity index (χ0v) is 17.8. The molecule has 3 heteroatoms. The van der Waals surface area contributed by atoms with Gasteiger partial charge in [0, 0.05) is 24.3 Å². The number of carbonyl (C=O) groups is 1. The molecule has 23 heavy (non-hydrogen) atoms. The van der Waals surface area contributed by atoms with Gasteiger partial charge in [0.2, 0.25) is 0 Å². The monoisotopic (exact) mass is 360 g/mol. The van der Waals surface area contributed by atoms with Crippen molar-refractivity contribution in [2.75, 3.05) is 11.5 Å². The van der Waals surface area contributed by atoms with Crippen LogP contribution in [0.5, 0.6) is 0 Å². The van der Waals surface area contributed by atoms with Crippen LogP contribution in [-0.2, 0) is 4.79 Å². The van der Waals surface area contributed by atoms with Crippen molar-refractivity contribution in [3.63, 3.8) is 0 Å². The molecule has 0 unspecified atom stereocenters. The van der Waals surface area contributed by atoms with Crippen LogP contribution in [0.2, 0.25) is 0 Å². The van der Waals surface area contributed by atoms with E-state index in [0.717, 1.165) is 31.4 Å². The molecule has 1 nitrogen and oxygen atoms in total. The minimum Gasteiger partial charge on any atom is -0.300 e. The van der Waals surface area contributed by atoms with Crippen molar-refractivity contribution in [3.8, 4) is 0 Å². The maximum atomic E-state index is 11.8. The number of Topliss-reactive ketones (excluding diaryl/α,β-unsaturated/α-hetero) is 1. The molecule has 0 rings (SSSR count). The van der Waals surface area contributed by atoms with Crippen molar-refractivity contribution < 1.29 is 4.79 Å². The maximum Gasteiger partial charge on any atom is 0.132 e. The molecule has 0 aromatic heterocycles. The van der Waals surface area contributed by atoms with Crippen molar-refractivity contribution in [2.45, 2.75) is 105 Å². The van der Waals surface area contributed by atoms with Gasteiger partial charge in [0.1, 0.15) is 5.78 Å². The Morgan fingerprint density at radius 1 is 0.739 bits per heavy atom. The third-order valence-corrected chi connectivity index (χ3v) is 6.58. The van der Waals surface area contributed by atoms with Crippen LogP contribution in [0.25, 0.3) is 0 Å². The molecule has 0 aromatic carbocycles. The highest BCUT2D eigenvalue weighted by Crippen LogP contribution is 2.25. The maximum absolute atomic E-state index is 11.8. The van der Waals surface area contributed by atoms with Gasteiger partial charge in [-0.2, -0.15) is 0 Å². The highest BCUT2D eigenvalue weighted by atomic mass is 33.1. The number of carbonyl (C=O) groups excluding carboxylic acids is 1. The minimum atomic E-state index is 0.288. The summed E-state index contributed by atoms with van der Waals surface area (Å²) in [6, 6.07) is 0. The van der Waals surface area contributed by atoms with Crippen molar-refractivity contribution in [1.82, 2.24) is 0 Å². The first-order valence-electron chi connectivity index (χ1n) is 9.72. The van der Waals surface area contributed by atoms with Crippen LogP contribution >= 0.6 is 21.6 Å². The normalized spacial score (nSPS) is 11.8. The van der Waals surface area contributed by atoms with Gasteiger partial charge in [-0.05, 0) is 24.7 Å². The summed E-state index contributed by atoms with van der Waals surface area (Å²) in [7, 11) is 3.96. The predicted octanol–water partition coefficient (Wildman–Crippen LogP) is 7.68. The first-order chi connectivity index (χ1) is 11.0. The Hall–Kier alpha value is 0.370. The summed E-state index contributed by atoms with van der Waals surface area (Å²) >= 11 is 0. The van der Waals surface area contributed by atoms with Crippen molar-refractivity contribution in [3.05, 3.63) is 0 Å². The lowest BCUT2D eigenvalue weighted by Gasteiger charge is -2.16. The van der Waals surface area contributed by atoms with Crippen LogP contribution in [0.4, 0.5) is 0 Å². The van der Waals surface area contributed by atoms with Crippen LogP contribution in [0.1, 0.15) is 105 Å². The number of unbranched alkanes of at least 4 members (excludes halogenated alkanes) is 7. The quantitative estimate of drug-likeness (QED) is 0.207. The Labute approximate surface area is 153 Å². The van der Waals surface area contributed by atoms with E-state index in [9.17, 15) is 4.79 Å². The fourth-order valence-electron chi connectivity index (χ4n) is 2.38. The Morgan fingerprint density at radius 2 is 1.26 bits per heavy atom. The molecule has 0 aliphatic heterocycles. The highest BCUT2D eigenvalue weighted by molar-refractivity contribution is 8.76. The van der Waals surface area contributed by atoms with Gasteiger partial charge in [0.25, 0.3) is 0 Å². The van der Waals surface area contributed by atoms with Crippen LogP contribution < -0.4 is 0 Å². The van der Waals surface area contributed by atoms with Gasteiger partial charge < -0.3 is 0 Å². The fourth-order valence-corrected chi connectivity index (χ4v) is 4.61. The van der Waals surface area contributed by atoms with E-state index in [2.05, 4.69) is 27.7 Å². The molecule has 0 N–H and O–H groups in total. The van der Waals surface area contributed by atoms with Gasteiger partial charge in [0.05, 0.1) is 0 Å². The summed E-state index contributed by atoms with van der Waals surface area (Å²) < 4.78 is 0. The average molecular weight is 361 g/mol. The Bertz CT molecular complexity index is 271. The molecule has 0 amide bonds. The van der Waals surface area contributed by atoms with E-state index in [1.165, 1.54) is 57.1 Å². The van der Waals surface area contributed by atoms with Crippen LogP contribution in [-0.4, -0.2) is 17.3 Å². The van der Waals surface area contributed by atoms with Gasteiger partial charge in [-0.3, -0.25) is 4.79 Å². The van der Waals surface area contributed by atoms with E-state index in [0.29, 0.717) is 5.78 Å². The molecule has 0 aliphatic rings. The number of hydrogen-bond donors (Lipinski definition) is 0. The summed E-state index contributed by atoms with van der Waals surface area (Å²) in [5.41, 5.74) is 0.288. The van der Waals surface area contributed by atoms with Gasteiger partial charge in [0.15, 0.2) is 0 Å². The minimum absolute atomic E-state index is 0.288. The molecule has 0 atom stereocenters. The Balaban J connectivity index is 3.17. The first-order valence-corrected chi connectivity index (χ1v) is 12.2. The van der Waals surface area contributed by atoms with E-state index >= 15 is 0 Å². The Morgan fingerprint density at radius 3 is 1.83 bits per heavy atom. The number of rotatable bonds is 16. The summed E-state index contributed by atoms with van der Waals surface area (Å²) in [5.74, 6) is 2.86. The zero-order valence-electron chi connectivity index (χ0n) is 16.1. The predicted molar refractivity (Wildman–Crippen MR) is 110 cm³/mol. The number of hydrogen-bond acceptors (Lipinski definition) is 3. The summed E-state index contributed by atoms with van der Waals surface area (Å²) in [6.07, 6.45) is 14.8. The average Bonchev–Trinajstić information content (AvgIpc) is 2.49. The summed E-state index contributed by atoms with van der Waals surface area (Å²) in [5, 5.41) is 0. The second-order valence-electron chi connectivity index (χ2n) is 7.82. The van der Waals surface area contributed by atoms with Crippen molar-refractivity contribution in [1.29, 1.82) is 0 Å². The number of ketones is 1. The highest BCUT2D eigenvalue weighted by Gasteiger charge is 2.12. The molecule has 0 heterocycles. The molecule has 138 valence electrons. The van der Waals surface area contributed by atoms with Gasteiger partial charge >= 0.3 is 0 Å². The molecule has 0 aromatic rings. The second kappa shape index (κ2) is 15.9. The molecular weight excluding hydrogens is 320 g/mol. The van der Waals surface area contributed by atoms with E-state index in [1.807, 2.05) is 21.6 Å². The third-order valence-electron chi connectivity index (χ3n) is 4.00. The van der Waals surface area contributed by atoms with E-state index in [1.54, 1.807) is 0 Å². The Kier molecular flexibility index (Phi) is 16.1. The van der Waals surface area contributed by atoms with Crippen LogP contribution in [0, 0.1) is 5.41 Å². The van der Waals surface area contributed by atoms with Gasteiger partial charge in [-0.25, -0.2) is 0 Å². The smallest absolute Gasteiger partial charge is 0.132 e. The van der Waals surface area contributed by atoms with Crippen molar-refractivity contribution in [2.24, 2.45) is 5.41 Å². The molecule has 0 radical (unpaired) electrons. The molecule has 0 fully saturated rings. The third kappa shape index (κ3) is 20.3.